The third-order valence-corrected chi connectivity index (χ3v) is 4.34. The summed E-state index contributed by atoms with van der Waals surface area (Å²) in [6.45, 7) is 2.99. The summed E-state index contributed by atoms with van der Waals surface area (Å²) in [5.41, 5.74) is 1.73. The van der Waals surface area contributed by atoms with Crippen LogP contribution in [-0.4, -0.2) is 36.3 Å². The van der Waals surface area contributed by atoms with Gasteiger partial charge < -0.3 is 5.32 Å². The minimum atomic E-state index is -0.492. The van der Waals surface area contributed by atoms with Crippen LogP contribution in [0.5, 0.6) is 0 Å². The summed E-state index contributed by atoms with van der Waals surface area (Å²) in [6, 6.07) is 10.3. The number of amides is 1. The van der Waals surface area contributed by atoms with Crippen LogP contribution >= 0.6 is 0 Å². The predicted octanol–water partition coefficient (Wildman–Crippen LogP) is 1.43. The van der Waals surface area contributed by atoms with E-state index in [4.69, 9.17) is 0 Å². The third-order valence-electron chi connectivity index (χ3n) is 4.34. The third kappa shape index (κ3) is 1.78. The lowest BCUT2D eigenvalue weighted by Gasteiger charge is -2.39. The van der Waals surface area contributed by atoms with Gasteiger partial charge in [-0.05, 0) is 18.9 Å². The van der Waals surface area contributed by atoms with Crippen molar-refractivity contribution in [2.45, 2.75) is 25.8 Å². The molecule has 0 aromatic heterocycles. The zero-order chi connectivity index (χ0) is 13.5. The van der Waals surface area contributed by atoms with Gasteiger partial charge in [0.25, 0.3) is 5.91 Å². The van der Waals surface area contributed by atoms with E-state index in [1.807, 2.05) is 18.2 Å². The van der Waals surface area contributed by atoms with Gasteiger partial charge in [0.2, 0.25) is 0 Å². The Labute approximate surface area is 113 Å². The molecule has 0 aliphatic carbocycles. The van der Waals surface area contributed by atoms with Crippen molar-refractivity contribution in [3.63, 3.8) is 0 Å². The second kappa shape index (κ2) is 4.46. The molecule has 2 atom stereocenters. The van der Waals surface area contributed by atoms with Crippen molar-refractivity contribution in [2.24, 2.45) is 10.5 Å². The number of carbonyl (C=O) groups excluding carboxylic acids is 1. The highest BCUT2D eigenvalue weighted by Gasteiger charge is 2.54. The summed E-state index contributed by atoms with van der Waals surface area (Å²) >= 11 is 0. The molecule has 19 heavy (non-hydrogen) atoms. The number of carbonyl (C=O) groups is 1. The van der Waals surface area contributed by atoms with Crippen LogP contribution in [0.15, 0.2) is 35.4 Å². The number of rotatable bonds is 2. The number of hydrogen-bond acceptors (Lipinski definition) is 3. The number of benzene rings is 1. The molecule has 0 bridgehead atoms. The van der Waals surface area contributed by atoms with Gasteiger partial charge in [-0.15, -0.1) is 0 Å². The van der Waals surface area contributed by atoms with Gasteiger partial charge in [0.05, 0.1) is 5.71 Å². The quantitative estimate of drug-likeness (QED) is 0.871. The van der Waals surface area contributed by atoms with Crippen molar-refractivity contribution in [3.05, 3.63) is 35.9 Å². The molecule has 3 rings (SSSR count). The second-order valence-corrected chi connectivity index (χ2v) is 5.43. The molecule has 2 aliphatic rings. The molecule has 1 amide bonds. The van der Waals surface area contributed by atoms with Crippen molar-refractivity contribution in [1.82, 2.24) is 10.3 Å². The Kier molecular flexibility index (Phi) is 2.90. The van der Waals surface area contributed by atoms with E-state index in [1.54, 1.807) is 7.05 Å². The first-order valence-electron chi connectivity index (χ1n) is 6.78. The zero-order valence-corrected chi connectivity index (χ0v) is 11.4. The molecular formula is C15H19N3O. The largest absolute Gasteiger partial charge is 0.312 e. The average Bonchev–Trinajstić information content (AvgIpc) is 2.66. The smallest absolute Gasteiger partial charge is 0.256 e. The number of piperidine rings is 1. The number of hydrazone groups is 1. The highest BCUT2D eigenvalue weighted by atomic mass is 16.2. The van der Waals surface area contributed by atoms with Crippen LogP contribution in [0.2, 0.25) is 0 Å². The lowest BCUT2D eigenvalue weighted by Crippen LogP contribution is -2.58. The highest BCUT2D eigenvalue weighted by molar-refractivity contribution is 6.13. The summed E-state index contributed by atoms with van der Waals surface area (Å²) in [6.07, 6.45) is 1.58. The fourth-order valence-electron chi connectivity index (χ4n) is 3.27. The molecule has 4 nitrogen and oxygen atoms in total. The molecule has 2 aliphatic heterocycles. The lowest BCUT2D eigenvalue weighted by atomic mass is 9.69. The molecule has 1 N–H and O–H groups in total. The summed E-state index contributed by atoms with van der Waals surface area (Å²) in [5, 5.41) is 9.42. The minimum absolute atomic E-state index is 0.117. The van der Waals surface area contributed by atoms with E-state index in [2.05, 4.69) is 29.5 Å². The van der Waals surface area contributed by atoms with Crippen LogP contribution in [0, 0.1) is 5.41 Å². The Morgan fingerprint density at radius 2 is 2.16 bits per heavy atom. The standard InChI is InChI=1S/C15H19N3O/c1-11-15(10-12-6-4-3-5-7-12)13(8-9-16-11)17-18(2)14(15)19/h3-7,11,16H,8-10H2,1-2H3. The Bertz CT molecular complexity index is 525. The topological polar surface area (TPSA) is 44.7 Å². The molecule has 0 spiro atoms. The molecule has 1 aromatic rings. The molecule has 1 fully saturated rings. The highest BCUT2D eigenvalue weighted by Crippen LogP contribution is 2.39. The first kappa shape index (κ1) is 12.4. The van der Waals surface area contributed by atoms with E-state index in [9.17, 15) is 4.79 Å². The van der Waals surface area contributed by atoms with Crippen LogP contribution in [0.25, 0.3) is 0 Å². The summed E-state index contributed by atoms with van der Waals surface area (Å²) in [5.74, 6) is 0.117. The maximum atomic E-state index is 12.6. The summed E-state index contributed by atoms with van der Waals surface area (Å²) in [7, 11) is 1.76. The van der Waals surface area contributed by atoms with E-state index in [0.717, 1.165) is 25.1 Å². The van der Waals surface area contributed by atoms with Crippen molar-refractivity contribution in [3.8, 4) is 0 Å². The Morgan fingerprint density at radius 3 is 2.89 bits per heavy atom. The van der Waals surface area contributed by atoms with E-state index in [0.29, 0.717) is 0 Å². The number of nitrogens with one attached hydrogen (secondary N) is 1. The maximum Gasteiger partial charge on any atom is 0.256 e. The van der Waals surface area contributed by atoms with Crippen LogP contribution in [-0.2, 0) is 11.2 Å². The van der Waals surface area contributed by atoms with Gasteiger partial charge in [-0.25, -0.2) is 5.01 Å². The molecular weight excluding hydrogens is 238 g/mol. The Hall–Kier alpha value is -1.68. The van der Waals surface area contributed by atoms with E-state index in [-0.39, 0.29) is 11.9 Å². The molecule has 1 saturated heterocycles. The molecule has 100 valence electrons. The van der Waals surface area contributed by atoms with Gasteiger partial charge in [0, 0.05) is 26.1 Å². The number of fused-ring (bicyclic) bond motifs is 1. The van der Waals surface area contributed by atoms with Crippen LogP contribution in [0.1, 0.15) is 18.9 Å². The predicted molar refractivity (Wildman–Crippen MR) is 74.9 cm³/mol. The summed E-state index contributed by atoms with van der Waals surface area (Å²) < 4.78 is 0. The Morgan fingerprint density at radius 1 is 1.42 bits per heavy atom. The van der Waals surface area contributed by atoms with Gasteiger partial charge in [0.1, 0.15) is 5.41 Å². The molecule has 0 radical (unpaired) electrons. The first-order chi connectivity index (χ1) is 9.14. The number of hydrogen-bond donors (Lipinski definition) is 1. The molecule has 4 heteroatoms. The van der Waals surface area contributed by atoms with Crippen molar-refractivity contribution < 1.29 is 4.79 Å². The molecule has 1 aromatic carbocycles. The minimum Gasteiger partial charge on any atom is -0.312 e. The van der Waals surface area contributed by atoms with Crippen LogP contribution in [0.3, 0.4) is 0 Å². The zero-order valence-electron chi connectivity index (χ0n) is 11.4. The van der Waals surface area contributed by atoms with Crippen LogP contribution in [0.4, 0.5) is 0 Å². The van der Waals surface area contributed by atoms with Gasteiger partial charge in [-0.3, -0.25) is 4.79 Å². The SMILES string of the molecule is CC1NCCC2=NN(C)C(=O)C21Cc1ccccc1. The molecule has 0 saturated carbocycles. The normalized spacial score (nSPS) is 30.2. The fraction of sp³-hybridized carbons (Fsp3) is 0.467. The first-order valence-corrected chi connectivity index (χ1v) is 6.78. The average molecular weight is 257 g/mol. The monoisotopic (exact) mass is 257 g/mol. The Balaban J connectivity index is 2.02. The van der Waals surface area contributed by atoms with Gasteiger partial charge in [-0.2, -0.15) is 5.10 Å². The van der Waals surface area contributed by atoms with E-state index in [1.165, 1.54) is 10.6 Å². The van der Waals surface area contributed by atoms with Crippen molar-refractivity contribution in [1.29, 1.82) is 0 Å². The summed E-state index contributed by atoms with van der Waals surface area (Å²) in [4.78, 5) is 12.6. The van der Waals surface area contributed by atoms with E-state index >= 15 is 0 Å². The fourth-order valence-corrected chi connectivity index (χ4v) is 3.27. The molecule has 2 unspecified atom stereocenters. The van der Waals surface area contributed by atoms with Gasteiger partial charge in [0.15, 0.2) is 0 Å². The lowest BCUT2D eigenvalue weighted by molar-refractivity contribution is -0.136. The van der Waals surface area contributed by atoms with Gasteiger partial charge >= 0.3 is 0 Å². The maximum absolute atomic E-state index is 12.6. The van der Waals surface area contributed by atoms with Crippen LogP contribution < -0.4 is 5.32 Å². The van der Waals surface area contributed by atoms with Gasteiger partial charge in [-0.1, -0.05) is 30.3 Å². The molecule has 2 heterocycles. The number of nitrogens with zero attached hydrogens (tertiary/aromatic N) is 2. The van der Waals surface area contributed by atoms with Crippen molar-refractivity contribution >= 4 is 11.6 Å². The second-order valence-electron chi connectivity index (χ2n) is 5.43. The van der Waals surface area contributed by atoms with Crippen molar-refractivity contribution in [2.75, 3.05) is 13.6 Å². The van der Waals surface area contributed by atoms with E-state index < -0.39 is 5.41 Å².